The molecule has 0 saturated carbocycles. The van der Waals surface area contributed by atoms with Gasteiger partial charge in [0.2, 0.25) is 0 Å². The summed E-state index contributed by atoms with van der Waals surface area (Å²) in [7, 11) is 3.29. The fourth-order valence-electron chi connectivity index (χ4n) is 0.714. The third-order valence-electron chi connectivity index (χ3n) is 1.20. The van der Waals surface area contributed by atoms with Crippen LogP contribution in [0.5, 0.6) is 0 Å². The van der Waals surface area contributed by atoms with Gasteiger partial charge in [-0.15, -0.1) is 11.3 Å². The van der Waals surface area contributed by atoms with Crippen LogP contribution < -0.4 is 0 Å². The van der Waals surface area contributed by atoms with Gasteiger partial charge in [-0.1, -0.05) is 0 Å². The molecule has 1 radical (unpaired) electrons. The zero-order chi connectivity index (χ0) is 7.23. The number of hydrogen-bond acceptors (Lipinski definition) is 3. The van der Waals surface area contributed by atoms with Gasteiger partial charge in [-0.3, -0.25) is 4.98 Å². The molecule has 0 unspecified atom stereocenters. The number of hydrogen-bond donors (Lipinski definition) is 0. The molecule has 0 saturated heterocycles. The molecule has 1 heterocycles. The Bertz CT molecular complexity index is 162. The first kappa shape index (κ1) is 7.69. The molecule has 0 aliphatic carbocycles. The first-order valence-electron chi connectivity index (χ1n) is 3.18. The minimum absolute atomic E-state index is 0.734. The van der Waals surface area contributed by atoms with Crippen LogP contribution in [0.1, 0.15) is 11.3 Å². The van der Waals surface area contributed by atoms with E-state index in [2.05, 4.69) is 16.8 Å². The van der Waals surface area contributed by atoms with Gasteiger partial charge in [0.15, 0.2) is 0 Å². The predicted octanol–water partition coefficient (Wildman–Crippen LogP) is 1.88. The molecule has 0 aliphatic heterocycles. The maximum Gasteiger partial charge on any atom is 0.0794 e. The Balaban J connectivity index is 2.15. The van der Waals surface area contributed by atoms with Crippen molar-refractivity contribution >= 4 is 11.3 Å². The average Bonchev–Trinajstić information content (AvgIpc) is 2.41. The highest BCUT2D eigenvalue weighted by molar-refractivity contribution is 7.09. The van der Waals surface area contributed by atoms with Gasteiger partial charge in [-0.25, -0.2) is 0 Å². The number of rotatable bonds is 4. The molecular formula is C7H10NOS. The molecular weight excluding hydrogens is 146 g/mol. The summed E-state index contributed by atoms with van der Waals surface area (Å²) in [5, 5.41) is 0. The fourth-order valence-corrected chi connectivity index (χ4v) is 1.36. The second kappa shape index (κ2) is 4.41. The molecule has 0 N–H and O–H groups in total. The van der Waals surface area contributed by atoms with Crippen molar-refractivity contribution in [2.45, 2.75) is 12.8 Å². The molecule has 0 aromatic carbocycles. The van der Waals surface area contributed by atoms with Crippen molar-refractivity contribution in [2.75, 3.05) is 6.61 Å². The van der Waals surface area contributed by atoms with Crippen LogP contribution in [0.2, 0.25) is 0 Å². The van der Waals surface area contributed by atoms with E-state index in [-0.39, 0.29) is 0 Å². The van der Waals surface area contributed by atoms with E-state index < -0.39 is 0 Å². The van der Waals surface area contributed by atoms with Gasteiger partial charge in [0.05, 0.1) is 12.6 Å². The molecule has 2 nitrogen and oxygen atoms in total. The summed E-state index contributed by atoms with van der Waals surface area (Å²) in [5.74, 6) is 0. The molecule has 1 aromatic rings. The minimum Gasteiger partial charge on any atom is -0.379 e. The van der Waals surface area contributed by atoms with Crippen LogP contribution in [0.15, 0.2) is 11.7 Å². The zero-order valence-corrected chi connectivity index (χ0v) is 6.56. The molecule has 0 fully saturated rings. The van der Waals surface area contributed by atoms with Crippen LogP contribution in [-0.2, 0) is 11.2 Å². The molecule has 0 bridgehead atoms. The van der Waals surface area contributed by atoms with Gasteiger partial charge >= 0.3 is 0 Å². The Hall–Kier alpha value is -0.410. The summed E-state index contributed by atoms with van der Waals surface area (Å²) >= 11 is 1.69. The number of thiazole rings is 1. The van der Waals surface area contributed by atoms with Crippen LogP contribution >= 0.6 is 11.3 Å². The van der Waals surface area contributed by atoms with Crippen molar-refractivity contribution in [2.24, 2.45) is 0 Å². The highest BCUT2D eigenvalue weighted by Crippen LogP contribution is 2.07. The Labute approximate surface area is 64.9 Å². The van der Waals surface area contributed by atoms with Gasteiger partial charge in [-0.05, 0) is 12.8 Å². The number of ether oxygens (including phenoxy) is 1. The molecule has 0 aliphatic rings. The SMILES string of the molecule is [CH2]OCCCc1cncs1. The largest absolute Gasteiger partial charge is 0.379 e. The third-order valence-corrected chi connectivity index (χ3v) is 2.03. The van der Waals surface area contributed by atoms with E-state index in [1.54, 1.807) is 11.3 Å². The number of nitrogens with zero attached hydrogens (tertiary/aromatic N) is 1. The minimum atomic E-state index is 0.734. The van der Waals surface area contributed by atoms with Gasteiger partial charge in [0.1, 0.15) is 0 Å². The van der Waals surface area contributed by atoms with Crippen molar-refractivity contribution < 1.29 is 4.74 Å². The van der Waals surface area contributed by atoms with Crippen molar-refractivity contribution in [3.05, 3.63) is 23.7 Å². The lowest BCUT2D eigenvalue weighted by Gasteiger charge is -1.94. The van der Waals surface area contributed by atoms with Crippen molar-refractivity contribution in [3.8, 4) is 0 Å². The molecule has 10 heavy (non-hydrogen) atoms. The van der Waals surface area contributed by atoms with E-state index in [9.17, 15) is 0 Å². The second-order valence-corrected chi connectivity index (χ2v) is 2.95. The normalized spacial score (nSPS) is 10.1. The van der Waals surface area contributed by atoms with E-state index in [4.69, 9.17) is 0 Å². The first-order chi connectivity index (χ1) is 4.93. The second-order valence-electron chi connectivity index (χ2n) is 1.98. The van der Waals surface area contributed by atoms with Gasteiger partial charge in [0, 0.05) is 17.7 Å². The van der Waals surface area contributed by atoms with Crippen LogP contribution in [-0.4, -0.2) is 11.6 Å². The van der Waals surface area contributed by atoms with Crippen LogP contribution in [0.25, 0.3) is 0 Å². The van der Waals surface area contributed by atoms with Crippen molar-refractivity contribution in [1.82, 2.24) is 4.98 Å². The van der Waals surface area contributed by atoms with Gasteiger partial charge in [0.25, 0.3) is 0 Å². The lowest BCUT2D eigenvalue weighted by molar-refractivity contribution is 0.238. The molecule has 1 rings (SSSR count). The Morgan fingerprint density at radius 2 is 2.60 bits per heavy atom. The maximum atomic E-state index is 4.67. The summed E-state index contributed by atoms with van der Waals surface area (Å²) < 4.78 is 4.67. The quantitative estimate of drug-likeness (QED) is 0.621. The van der Waals surface area contributed by atoms with Crippen LogP contribution in [0.3, 0.4) is 0 Å². The number of aryl methyl sites for hydroxylation is 1. The smallest absolute Gasteiger partial charge is 0.0794 e. The van der Waals surface area contributed by atoms with Gasteiger partial charge in [-0.2, -0.15) is 0 Å². The van der Waals surface area contributed by atoms with E-state index >= 15 is 0 Å². The summed E-state index contributed by atoms with van der Waals surface area (Å²) in [4.78, 5) is 5.28. The topological polar surface area (TPSA) is 22.1 Å². The van der Waals surface area contributed by atoms with Crippen LogP contribution in [0.4, 0.5) is 0 Å². The lowest BCUT2D eigenvalue weighted by Crippen LogP contribution is -1.88. The molecule has 0 amide bonds. The van der Waals surface area contributed by atoms with E-state index in [0.717, 1.165) is 19.4 Å². The molecule has 1 aromatic heterocycles. The van der Waals surface area contributed by atoms with Gasteiger partial charge < -0.3 is 4.74 Å². The molecule has 55 valence electrons. The zero-order valence-electron chi connectivity index (χ0n) is 5.75. The fraction of sp³-hybridized carbons (Fsp3) is 0.429. The summed E-state index contributed by atoms with van der Waals surface area (Å²) in [6, 6.07) is 0. The van der Waals surface area contributed by atoms with Crippen LogP contribution in [0, 0.1) is 7.11 Å². The average molecular weight is 156 g/mol. The third kappa shape index (κ3) is 2.45. The Morgan fingerprint density at radius 1 is 1.70 bits per heavy atom. The summed E-state index contributed by atoms with van der Waals surface area (Å²) in [6.45, 7) is 0.734. The van der Waals surface area contributed by atoms with E-state index in [1.165, 1.54) is 4.88 Å². The van der Waals surface area contributed by atoms with E-state index in [1.807, 2.05) is 11.7 Å². The highest BCUT2D eigenvalue weighted by atomic mass is 32.1. The molecule has 0 spiro atoms. The standard InChI is InChI=1S/C7H10NOS/c1-9-4-2-3-7-5-8-6-10-7/h5-6H,1-4H2. The lowest BCUT2D eigenvalue weighted by atomic mass is 10.3. The Kier molecular flexibility index (Phi) is 3.40. The molecule has 3 heteroatoms. The van der Waals surface area contributed by atoms with Crippen molar-refractivity contribution in [1.29, 1.82) is 0 Å². The van der Waals surface area contributed by atoms with Crippen molar-refractivity contribution in [3.63, 3.8) is 0 Å². The summed E-state index contributed by atoms with van der Waals surface area (Å²) in [6.07, 6.45) is 3.99. The Morgan fingerprint density at radius 3 is 3.20 bits per heavy atom. The monoisotopic (exact) mass is 156 g/mol. The predicted molar refractivity (Wildman–Crippen MR) is 41.7 cm³/mol. The first-order valence-corrected chi connectivity index (χ1v) is 4.06. The van der Waals surface area contributed by atoms with E-state index in [0.29, 0.717) is 0 Å². The number of aromatic nitrogens is 1. The highest BCUT2D eigenvalue weighted by Gasteiger charge is 1.92. The molecule has 0 atom stereocenters. The maximum absolute atomic E-state index is 4.67. The summed E-state index contributed by atoms with van der Waals surface area (Å²) in [5.41, 5.74) is 1.85.